The number of rotatable bonds is 3. The third-order valence-electron chi connectivity index (χ3n) is 1.55. The van der Waals surface area contributed by atoms with Crippen LogP contribution >= 0.6 is 15.9 Å². The van der Waals surface area contributed by atoms with Crippen LogP contribution in [0.5, 0.6) is 5.75 Å². The minimum absolute atomic E-state index is 0.0666. The van der Waals surface area contributed by atoms with E-state index in [2.05, 4.69) is 15.9 Å². The lowest BCUT2D eigenvalue weighted by atomic mass is 10.3. The second-order valence-electron chi connectivity index (χ2n) is 2.67. The van der Waals surface area contributed by atoms with Crippen molar-refractivity contribution in [2.75, 3.05) is 0 Å². The van der Waals surface area contributed by atoms with E-state index >= 15 is 0 Å². The van der Waals surface area contributed by atoms with Crippen LogP contribution in [0.1, 0.15) is 6.92 Å². The van der Waals surface area contributed by atoms with Crippen molar-refractivity contribution in [2.45, 2.75) is 13.0 Å². The van der Waals surface area contributed by atoms with Crippen LogP contribution in [0.3, 0.4) is 0 Å². The fourth-order valence-corrected chi connectivity index (χ4v) is 1.14. The molecule has 0 aromatic heterocycles. The minimum Gasteiger partial charge on any atom is -0.479 e. The smallest absolute Gasteiger partial charge is 0.344 e. The van der Waals surface area contributed by atoms with Crippen molar-refractivity contribution >= 4 is 21.9 Å². The van der Waals surface area contributed by atoms with Crippen LogP contribution in [0.2, 0.25) is 0 Å². The fourth-order valence-electron chi connectivity index (χ4n) is 0.812. The van der Waals surface area contributed by atoms with Crippen LogP contribution in [0.4, 0.5) is 4.39 Å². The predicted molar refractivity (Wildman–Crippen MR) is 51.8 cm³/mol. The van der Waals surface area contributed by atoms with Gasteiger partial charge < -0.3 is 9.84 Å². The fraction of sp³-hybridized carbons (Fsp3) is 0.222. The molecule has 0 aliphatic carbocycles. The van der Waals surface area contributed by atoms with E-state index in [0.717, 1.165) is 0 Å². The van der Waals surface area contributed by atoms with E-state index < -0.39 is 17.9 Å². The molecule has 5 heteroatoms. The molecule has 14 heavy (non-hydrogen) atoms. The van der Waals surface area contributed by atoms with Crippen LogP contribution in [0.25, 0.3) is 0 Å². The number of carboxylic acids is 1. The lowest BCUT2D eigenvalue weighted by molar-refractivity contribution is -0.144. The van der Waals surface area contributed by atoms with Crippen molar-refractivity contribution in [1.29, 1.82) is 0 Å². The molecule has 1 aromatic rings. The molecular weight excluding hydrogens is 255 g/mol. The van der Waals surface area contributed by atoms with Crippen molar-refractivity contribution in [3.05, 3.63) is 28.5 Å². The maximum absolute atomic E-state index is 13.1. The first kappa shape index (κ1) is 11.0. The summed E-state index contributed by atoms with van der Waals surface area (Å²) in [5.41, 5.74) is 0. The summed E-state index contributed by atoms with van der Waals surface area (Å²) in [6.07, 6.45) is -1.06. The first-order valence-corrected chi connectivity index (χ1v) is 4.64. The number of hydrogen-bond acceptors (Lipinski definition) is 2. The number of carbonyl (C=O) groups is 1. The molecule has 1 atom stereocenters. The van der Waals surface area contributed by atoms with E-state index in [1.807, 2.05) is 0 Å². The molecule has 0 amide bonds. The molecule has 0 bridgehead atoms. The number of ether oxygens (including phenoxy) is 1. The normalized spacial score (nSPS) is 12.2. The largest absolute Gasteiger partial charge is 0.479 e. The topological polar surface area (TPSA) is 46.5 Å². The molecule has 0 spiro atoms. The van der Waals surface area contributed by atoms with Gasteiger partial charge in [-0.15, -0.1) is 0 Å². The molecule has 0 saturated carbocycles. The third-order valence-corrected chi connectivity index (χ3v) is 2.04. The summed E-state index contributed by atoms with van der Waals surface area (Å²) in [7, 11) is 0. The summed E-state index contributed by atoms with van der Waals surface area (Å²) in [6, 6.07) is 4.16. The number of halogens is 2. The average molecular weight is 263 g/mol. The number of hydrogen-bond donors (Lipinski definition) is 1. The van der Waals surface area contributed by atoms with E-state index in [1.54, 1.807) is 6.07 Å². The standard InChI is InChI=1S/C9H8BrFO3/c1-5(9(12)13)14-8-3-2-6(10)4-7(8)11/h2-5H,1H3,(H,12,13). The Morgan fingerprint density at radius 1 is 1.64 bits per heavy atom. The van der Waals surface area contributed by atoms with Gasteiger partial charge in [-0.1, -0.05) is 15.9 Å². The van der Waals surface area contributed by atoms with E-state index in [-0.39, 0.29) is 5.75 Å². The van der Waals surface area contributed by atoms with Gasteiger partial charge in [-0.3, -0.25) is 0 Å². The summed E-state index contributed by atoms with van der Waals surface area (Å²) in [5.74, 6) is -1.79. The molecule has 0 saturated heterocycles. The van der Waals surface area contributed by atoms with Gasteiger partial charge in [0.2, 0.25) is 0 Å². The minimum atomic E-state index is -1.13. The number of benzene rings is 1. The Hall–Kier alpha value is -1.10. The van der Waals surface area contributed by atoms with Crippen molar-refractivity contribution < 1.29 is 19.0 Å². The van der Waals surface area contributed by atoms with Gasteiger partial charge in [-0.25, -0.2) is 9.18 Å². The van der Waals surface area contributed by atoms with E-state index in [0.29, 0.717) is 4.47 Å². The number of carboxylic acid groups (broad SMARTS) is 1. The predicted octanol–water partition coefficient (Wildman–Crippen LogP) is 2.44. The highest BCUT2D eigenvalue weighted by atomic mass is 79.9. The van der Waals surface area contributed by atoms with E-state index in [4.69, 9.17) is 9.84 Å². The maximum Gasteiger partial charge on any atom is 0.344 e. The van der Waals surface area contributed by atoms with E-state index in [1.165, 1.54) is 19.1 Å². The zero-order valence-electron chi connectivity index (χ0n) is 7.33. The van der Waals surface area contributed by atoms with Gasteiger partial charge in [0.1, 0.15) is 0 Å². The highest BCUT2D eigenvalue weighted by molar-refractivity contribution is 9.10. The Labute approximate surface area is 88.6 Å². The zero-order chi connectivity index (χ0) is 10.7. The molecule has 76 valence electrons. The van der Waals surface area contributed by atoms with Crippen LogP contribution < -0.4 is 4.74 Å². The van der Waals surface area contributed by atoms with Gasteiger partial charge in [-0.2, -0.15) is 0 Å². The first-order chi connectivity index (χ1) is 6.50. The molecule has 0 aliphatic heterocycles. The second-order valence-corrected chi connectivity index (χ2v) is 3.59. The quantitative estimate of drug-likeness (QED) is 0.910. The van der Waals surface area contributed by atoms with Crippen LogP contribution in [0.15, 0.2) is 22.7 Å². The monoisotopic (exact) mass is 262 g/mol. The molecule has 0 heterocycles. The highest BCUT2D eigenvalue weighted by Gasteiger charge is 2.14. The molecule has 1 aromatic carbocycles. The van der Waals surface area contributed by atoms with Gasteiger partial charge in [0.15, 0.2) is 17.7 Å². The summed E-state index contributed by atoms with van der Waals surface area (Å²) in [4.78, 5) is 10.4. The van der Waals surface area contributed by atoms with Crippen LogP contribution in [-0.2, 0) is 4.79 Å². The van der Waals surface area contributed by atoms with Gasteiger partial charge in [0.05, 0.1) is 0 Å². The second kappa shape index (κ2) is 4.41. The summed E-state index contributed by atoms with van der Waals surface area (Å²) < 4.78 is 18.6. The summed E-state index contributed by atoms with van der Waals surface area (Å²) >= 11 is 3.08. The van der Waals surface area contributed by atoms with Crippen molar-refractivity contribution in [2.24, 2.45) is 0 Å². The Bertz CT molecular complexity index is 354. The summed E-state index contributed by atoms with van der Waals surface area (Å²) in [5, 5.41) is 8.53. The molecular formula is C9H8BrFO3. The molecule has 0 fully saturated rings. The third kappa shape index (κ3) is 2.70. The summed E-state index contributed by atoms with van der Waals surface area (Å²) in [6.45, 7) is 1.34. The molecule has 1 rings (SSSR count). The average Bonchev–Trinajstić information content (AvgIpc) is 2.09. The molecule has 0 radical (unpaired) electrons. The van der Waals surface area contributed by atoms with Crippen LogP contribution in [-0.4, -0.2) is 17.2 Å². The molecule has 3 nitrogen and oxygen atoms in total. The highest BCUT2D eigenvalue weighted by Crippen LogP contribution is 2.22. The van der Waals surface area contributed by atoms with Gasteiger partial charge >= 0.3 is 5.97 Å². The maximum atomic E-state index is 13.1. The number of aliphatic carboxylic acids is 1. The van der Waals surface area contributed by atoms with Crippen molar-refractivity contribution in [1.82, 2.24) is 0 Å². The molecule has 1 unspecified atom stereocenters. The van der Waals surface area contributed by atoms with Crippen molar-refractivity contribution in [3.8, 4) is 5.75 Å². The lowest BCUT2D eigenvalue weighted by Gasteiger charge is -2.10. The van der Waals surface area contributed by atoms with Gasteiger partial charge in [-0.05, 0) is 25.1 Å². The molecule has 0 aliphatic rings. The van der Waals surface area contributed by atoms with Crippen LogP contribution in [0, 0.1) is 5.82 Å². The van der Waals surface area contributed by atoms with Crippen molar-refractivity contribution in [3.63, 3.8) is 0 Å². The lowest BCUT2D eigenvalue weighted by Crippen LogP contribution is -2.23. The molecule has 1 N–H and O–H groups in total. The van der Waals surface area contributed by atoms with E-state index in [9.17, 15) is 9.18 Å². The first-order valence-electron chi connectivity index (χ1n) is 3.85. The SMILES string of the molecule is CC(Oc1ccc(Br)cc1F)C(=O)O. The Balaban J connectivity index is 2.82. The van der Waals surface area contributed by atoms with Gasteiger partial charge in [0, 0.05) is 4.47 Å². The van der Waals surface area contributed by atoms with Gasteiger partial charge in [0.25, 0.3) is 0 Å². The Kier molecular flexibility index (Phi) is 3.46. The Morgan fingerprint density at radius 3 is 2.79 bits per heavy atom. The Morgan fingerprint density at radius 2 is 2.29 bits per heavy atom. The zero-order valence-corrected chi connectivity index (χ0v) is 8.92.